The molecule has 1 aromatic rings. The first kappa shape index (κ1) is 18.1. The fourth-order valence-corrected chi connectivity index (χ4v) is 2.55. The van der Waals surface area contributed by atoms with Crippen LogP contribution in [-0.2, 0) is 9.47 Å². The molecule has 2 atom stereocenters. The van der Waals surface area contributed by atoms with Crippen molar-refractivity contribution in [1.82, 2.24) is 4.90 Å². The summed E-state index contributed by atoms with van der Waals surface area (Å²) in [6.07, 6.45) is 0. The maximum absolute atomic E-state index is 12.6. The molecule has 0 fully saturated rings. The van der Waals surface area contributed by atoms with E-state index in [0.29, 0.717) is 30.3 Å². The molecule has 0 saturated heterocycles. The highest BCUT2D eigenvalue weighted by molar-refractivity contribution is 6.31. The van der Waals surface area contributed by atoms with Gasteiger partial charge in [0.05, 0.1) is 19.3 Å². The second kappa shape index (κ2) is 9.15. The number of methoxy groups -OCH3 is 2. The number of benzene rings is 1. The van der Waals surface area contributed by atoms with E-state index >= 15 is 0 Å². The Morgan fingerprint density at radius 2 is 2.00 bits per heavy atom. The van der Waals surface area contributed by atoms with Crippen LogP contribution in [0.2, 0.25) is 5.02 Å². The molecule has 1 rings (SSSR count). The number of halogens is 1. The second-order valence-electron chi connectivity index (χ2n) is 5.09. The van der Waals surface area contributed by atoms with Crippen LogP contribution in [0.4, 0.5) is 0 Å². The lowest BCUT2D eigenvalue weighted by atomic mass is 10.0. The van der Waals surface area contributed by atoms with E-state index in [1.165, 1.54) is 0 Å². The van der Waals surface area contributed by atoms with Gasteiger partial charge < -0.3 is 9.47 Å². The Morgan fingerprint density at radius 1 is 1.29 bits per heavy atom. The summed E-state index contributed by atoms with van der Waals surface area (Å²) in [5, 5.41) is 0.571. The predicted octanol–water partition coefficient (Wildman–Crippen LogP) is 2.89. The second-order valence-corrected chi connectivity index (χ2v) is 5.52. The molecule has 0 heterocycles. The number of hydrogen-bond acceptors (Lipinski definition) is 4. The zero-order valence-electron chi connectivity index (χ0n) is 13.1. The van der Waals surface area contributed by atoms with Gasteiger partial charge >= 0.3 is 0 Å². The van der Waals surface area contributed by atoms with Crippen LogP contribution in [0.3, 0.4) is 0 Å². The Bertz CT molecular complexity index is 453. The lowest BCUT2D eigenvalue weighted by Gasteiger charge is -2.33. The molecule has 0 radical (unpaired) electrons. The largest absolute Gasteiger partial charge is 0.383 e. The van der Waals surface area contributed by atoms with E-state index in [1.54, 1.807) is 38.5 Å². The van der Waals surface area contributed by atoms with E-state index in [4.69, 9.17) is 21.1 Å². The Balaban J connectivity index is 2.87. The quantitative estimate of drug-likeness (QED) is 0.657. The molecule has 4 nitrogen and oxygen atoms in total. The number of ether oxygens (including phenoxy) is 2. The molecule has 0 bridgehead atoms. The molecule has 0 amide bonds. The lowest BCUT2D eigenvalue weighted by molar-refractivity contribution is 0.0454. The lowest BCUT2D eigenvalue weighted by Crippen LogP contribution is -2.47. The van der Waals surface area contributed by atoms with E-state index < -0.39 is 0 Å². The van der Waals surface area contributed by atoms with Crippen LogP contribution in [0.15, 0.2) is 24.3 Å². The number of ketones is 1. The SMILES string of the molecule is COCCN(C(C)COC)C(C)C(=O)c1cccc(Cl)c1. The highest BCUT2D eigenvalue weighted by Crippen LogP contribution is 2.16. The van der Waals surface area contributed by atoms with Gasteiger partial charge in [-0.3, -0.25) is 9.69 Å². The van der Waals surface area contributed by atoms with Crippen LogP contribution in [0.25, 0.3) is 0 Å². The van der Waals surface area contributed by atoms with Crippen molar-refractivity contribution in [3.05, 3.63) is 34.9 Å². The summed E-state index contributed by atoms with van der Waals surface area (Å²) in [6.45, 7) is 5.76. The molecule has 0 spiro atoms. The zero-order chi connectivity index (χ0) is 15.8. The number of Topliss-reactive ketones (excluding diaryl/α,β-unsaturated/α-hetero) is 1. The van der Waals surface area contributed by atoms with Gasteiger partial charge in [0.2, 0.25) is 0 Å². The van der Waals surface area contributed by atoms with Gasteiger partial charge in [-0.25, -0.2) is 0 Å². The van der Waals surface area contributed by atoms with Gasteiger partial charge in [-0.2, -0.15) is 0 Å². The summed E-state index contributed by atoms with van der Waals surface area (Å²) >= 11 is 5.96. The van der Waals surface area contributed by atoms with Gasteiger partial charge in [0.25, 0.3) is 0 Å². The number of hydrogen-bond donors (Lipinski definition) is 0. The van der Waals surface area contributed by atoms with E-state index in [1.807, 2.05) is 13.8 Å². The first-order valence-electron chi connectivity index (χ1n) is 7.04. The summed E-state index contributed by atoms with van der Waals surface area (Å²) in [5.41, 5.74) is 0.627. The van der Waals surface area contributed by atoms with Crippen molar-refractivity contribution >= 4 is 17.4 Å². The van der Waals surface area contributed by atoms with E-state index in [9.17, 15) is 4.79 Å². The summed E-state index contributed by atoms with van der Waals surface area (Å²) in [7, 11) is 3.32. The molecule has 5 heteroatoms. The fraction of sp³-hybridized carbons (Fsp3) is 0.562. The van der Waals surface area contributed by atoms with E-state index in [-0.39, 0.29) is 17.9 Å². The Labute approximate surface area is 132 Å². The monoisotopic (exact) mass is 313 g/mol. The van der Waals surface area contributed by atoms with Crippen LogP contribution in [0.1, 0.15) is 24.2 Å². The van der Waals surface area contributed by atoms with Crippen LogP contribution in [-0.4, -0.2) is 56.7 Å². The van der Waals surface area contributed by atoms with Gasteiger partial charge in [0.15, 0.2) is 5.78 Å². The Kier molecular flexibility index (Phi) is 7.89. The molecule has 0 aliphatic heterocycles. The number of carbonyl (C=O) groups is 1. The number of carbonyl (C=O) groups excluding carboxylic acids is 1. The van der Waals surface area contributed by atoms with Gasteiger partial charge in [-0.15, -0.1) is 0 Å². The van der Waals surface area contributed by atoms with E-state index in [2.05, 4.69) is 4.90 Å². The minimum atomic E-state index is -0.260. The third-order valence-corrected chi connectivity index (χ3v) is 3.75. The molecule has 118 valence electrons. The van der Waals surface area contributed by atoms with Gasteiger partial charge in [-0.05, 0) is 26.0 Å². The predicted molar refractivity (Wildman–Crippen MR) is 85.2 cm³/mol. The van der Waals surface area contributed by atoms with Crippen molar-refractivity contribution in [3.63, 3.8) is 0 Å². The van der Waals surface area contributed by atoms with E-state index in [0.717, 1.165) is 0 Å². The molecular weight excluding hydrogens is 290 g/mol. The van der Waals surface area contributed by atoms with Gasteiger partial charge in [0.1, 0.15) is 0 Å². The van der Waals surface area contributed by atoms with Crippen molar-refractivity contribution in [2.24, 2.45) is 0 Å². The highest BCUT2D eigenvalue weighted by Gasteiger charge is 2.26. The third kappa shape index (κ3) is 5.40. The van der Waals surface area contributed by atoms with Crippen LogP contribution in [0, 0.1) is 0 Å². The molecule has 0 aliphatic rings. The molecule has 2 unspecified atom stereocenters. The molecule has 0 aliphatic carbocycles. The molecule has 1 aromatic carbocycles. The van der Waals surface area contributed by atoms with Crippen molar-refractivity contribution in [1.29, 1.82) is 0 Å². The Hall–Kier alpha value is -0.940. The third-order valence-electron chi connectivity index (χ3n) is 3.51. The summed E-state index contributed by atoms with van der Waals surface area (Å²) in [5.74, 6) is 0.0524. The maximum atomic E-state index is 12.6. The van der Waals surface area contributed by atoms with Crippen LogP contribution < -0.4 is 0 Å². The summed E-state index contributed by atoms with van der Waals surface area (Å²) < 4.78 is 10.3. The first-order valence-corrected chi connectivity index (χ1v) is 7.42. The summed E-state index contributed by atoms with van der Waals surface area (Å²) in [6, 6.07) is 6.92. The fourth-order valence-electron chi connectivity index (χ4n) is 2.36. The zero-order valence-corrected chi connectivity index (χ0v) is 13.9. The number of nitrogens with zero attached hydrogens (tertiary/aromatic N) is 1. The molecular formula is C16H24ClNO3. The smallest absolute Gasteiger partial charge is 0.179 e. The first-order chi connectivity index (χ1) is 10.0. The van der Waals surface area contributed by atoms with Crippen LogP contribution in [0.5, 0.6) is 0 Å². The topological polar surface area (TPSA) is 38.8 Å². The minimum Gasteiger partial charge on any atom is -0.383 e. The summed E-state index contributed by atoms with van der Waals surface area (Å²) in [4.78, 5) is 14.7. The average Bonchev–Trinajstić information content (AvgIpc) is 2.47. The standard InChI is InChI=1S/C16H24ClNO3/c1-12(11-21-4)18(8-9-20-3)13(2)16(19)14-6-5-7-15(17)10-14/h5-7,10,12-13H,8-9,11H2,1-4H3. The van der Waals surface area contributed by atoms with Crippen molar-refractivity contribution in [3.8, 4) is 0 Å². The molecule has 21 heavy (non-hydrogen) atoms. The van der Waals surface area contributed by atoms with Gasteiger partial charge in [-0.1, -0.05) is 23.7 Å². The highest BCUT2D eigenvalue weighted by atomic mass is 35.5. The van der Waals surface area contributed by atoms with Crippen molar-refractivity contribution in [2.75, 3.05) is 34.0 Å². The van der Waals surface area contributed by atoms with Crippen molar-refractivity contribution in [2.45, 2.75) is 25.9 Å². The molecule has 0 saturated carbocycles. The van der Waals surface area contributed by atoms with Crippen LogP contribution >= 0.6 is 11.6 Å². The number of rotatable bonds is 9. The Morgan fingerprint density at radius 3 is 2.57 bits per heavy atom. The average molecular weight is 314 g/mol. The maximum Gasteiger partial charge on any atom is 0.179 e. The van der Waals surface area contributed by atoms with Gasteiger partial charge in [0, 0.05) is 37.4 Å². The normalized spacial score (nSPS) is 14.2. The van der Waals surface area contributed by atoms with Crippen molar-refractivity contribution < 1.29 is 14.3 Å². The molecule has 0 N–H and O–H groups in total. The minimum absolute atomic E-state index is 0.0524. The molecule has 0 aromatic heterocycles.